The highest BCUT2D eigenvalue weighted by Gasteiger charge is 2.28. The van der Waals surface area contributed by atoms with Crippen molar-refractivity contribution in [2.75, 3.05) is 32.7 Å². The molecule has 2 atom stereocenters. The Kier molecular flexibility index (Phi) is 13.0. The van der Waals surface area contributed by atoms with E-state index >= 15 is 0 Å². The standard InChI is InChI=1S/C27H48N6O5/c1-21-20-33(30-29-21)24(22(2)34)25(36)28-15-13-11-9-7-6-8-10-12-14-23(35)31-16-18-32(19-17-31)26(37)38-27(3,4)5/h20,22,24,34H,6-19H2,1-5H3,(H,28,36)/t22-,24+/m1/s1. The van der Waals surface area contributed by atoms with Gasteiger partial charge in [-0.15, -0.1) is 5.10 Å². The molecule has 0 bridgehead atoms. The molecule has 2 rings (SSSR count). The van der Waals surface area contributed by atoms with Crippen LogP contribution in [0.2, 0.25) is 0 Å². The molecule has 0 radical (unpaired) electrons. The first-order valence-electron chi connectivity index (χ1n) is 14.1. The molecular weight excluding hydrogens is 488 g/mol. The van der Waals surface area contributed by atoms with Gasteiger partial charge in [-0.25, -0.2) is 9.48 Å². The number of carbonyl (C=O) groups excluding carboxylic acids is 3. The van der Waals surface area contributed by atoms with E-state index in [1.807, 2.05) is 25.7 Å². The molecule has 1 aromatic rings. The lowest BCUT2D eigenvalue weighted by Gasteiger charge is -2.35. The van der Waals surface area contributed by atoms with E-state index in [1.165, 1.54) is 4.68 Å². The highest BCUT2D eigenvalue weighted by molar-refractivity contribution is 5.80. The summed E-state index contributed by atoms with van der Waals surface area (Å²) in [6, 6.07) is -0.773. The molecule has 2 N–H and O–H groups in total. The summed E-state index contributed by atoms with van der Waals surface area (Å²) >= 11 is 0. The average molecular weight is 537 g/mol. The third-order valence-electron chi connectivity index (χ3n) is 6.54. The van der Waals surface area contributed by atoms with Crippen molar-refractivity contribution in [1.29, 1.82) is 0 Å². The molecule has 1 aliphatic heterocycles. The van der Waals surface area contributed by atoms with Gasteiger partial charge in [-0.1, -0.05) is 43.7 Å². The van der Waals surface area contributed by atoms with Crippen molar-refractivity contribution in [3.05, 3.63) is 11.9 Å². The van der Waals surface area contributed by atoms with Crippen molar-refractivity contribution in [2.45, 2.75) is 110 Å². The van der Waals surface area contributed by atoms with Crippen LogP contribution in [0.5, 0.6) is 0 Å². The Bertz CT molecular complexity index is 874. The zero-order valence-electron chi connectivity index (χ0n) is 23.9. The molecule has 38 heavy (non-hydrogen) atoms. The van der Waals surface area contributed by atoms with Gasteiger partial charge in [-0.2, -0.15) is 0 Å². The smallest absolute Gasteiger partial charge is 0.410 e. The van der Waals surface area contributed by atoms with Gasteiger partial charge in [0.05, 0.1) is 11.8 Å². The average Bonchev–Trinajstić information content (AvgIpc) is 3.26. The zero-order valence-corrected chi connectivity index (χ0v) is 23.9. The van der Waals surface area contributed by atoms with Crippen molar-refractivity contribution in [3.63, 3.8) is 0 Å². The summed E-state index contributed by atoms with van der Waals surface area (Å²) in [7, 11) is 0. The van der Waals surface area contributed by atoms with Crippen molar-refractivity contribution < 1.29 is 24.2 Å². The summed E-state index contributed by atoms with van der Waals surface area (Å²) in [5.41, 5.74) is 0.190. The molecule has 0 saturated carbocycles. The van der Waals surface area contributed by atoms with Gasteiger partial charge in [0.15, 0.2) is 6.04 Å². The first kappa shape index (κ1) is 31.5. The molecule has 0 unspecified atom stereocenters. The van der Waals surface area contributed by atoms with Crippen molar-refractivity contribution in [2.24, 2.45) is 0 Å². The monoisotopic (exact) mass is 536 g/mol. The van der Waals surface area contributed by atoms with Gasteiger partial charge in [0, 0.05) is 45.3 Å². The van der Waals surface area contributed by atoms with Crippen LogP contribution in [0, 0.1) is 6.92 Å². The maximum Gasteiger partial charge on any atom is 0.410 e. The van der Waals surface area contributed by atoms with Gasteiger partial charge < -0.3 is 25.0 Å². The highest BCUT2D eigenvalue weighted by atomic mass is 16.6. The van der Waals surface area contributed by atoms with Crippen molar-refractivity contribution in [1.82, 2.24) is 30.1 Å². The number of ether oxygens (including phenoxy) is 1. The van der Waals surface area contributed by atoms with Crippen LogP contribution in [0.1, 0.15) is 97.2 Å². The Hall–Kier alpha value is -2.69. The first-order valence-corrected chi connectivity index (χ1v) is 14.1. The van der Waals surface area contributed by atoms with Gasteiger partial charge in [0.25, 0.3) is 0 Å². The van der Waals surface area contributed by atoms with Crippen molar-refractivity contribution in [3.8, 4) is 0 Å². The molecule has 1 fully saturated rings. The van der Waals surface area contributed by atoms with E-state index in [0.29, 0.717) is 44.8 Å². The molecule has 1 aromatic heterocycles. The third kappa shape index (κ3) is 11.4. The normalized spacial score (nSPS) is 15.7. The van der Waals surface area contributed by atoms with E-state index in [0.717, 1.165) is 51.4 Å². The van der Waals surface area contributed by atoms with Gasteiger partial charge in [-0.05, 0) is 47.5 Å². The Balaban J connectivity index is 1.46. The lowest BCUT2D eigenvalue weighted by Crippen LogP contribution is -2.51. The molecule has 216 valence electrons. The number of hydrogen-bond acceptors (Lipinski definition) is 7. The number of aliphatic hydroxyl groups excluding tert-OH is 1. The molecule has 0 spiro atoms. The van der Waals surface area contributed by atoms with E-state index < -0.39 is 17.7 Å². The van der Waals surface area contributed by atoms with Crippen LogP contribution in [-0.4, -0.2) is 92.2 Å². The fourth-order valence-corrected chi connectivity index (χ4v) is 4.46. The summed E-state index contributed by atoms with van der Waals surface area (Å²) in [5, 5.41) is 20.7. The fraction of sp³-hybridized carbons (Fsp3) is 0.815. The van der Waals surface area contributed by atoms with Crippen LogP contribution in [-0.2, 0) is 14.3 Å². The largest absolute Gasteiger partial charge is 0.444 e. The summed E-state index contributed by atoms with van der Waals surface area (Å²) in [6.45, 7) is 11.7. The second kappa shape index (κ2) is 15.7. The van der Waals surface area contributed by atoms with Crippen LogP contribution in [0.15, 0.2) is 6.20 Å². The number of aliphatic hydroxyl groups is 1. The predicted octanol–water partition coefficient (Wildman–Crippen LogP) is 3.21. The van der Waals surface area contributed by atoms with Crippen LogP contribution in [0.25, 0.3) is 0 Å². The number of carbonyl (C=O) groups is 3. The molecule has 0 aromatic carbocycles. The number of unbranched alkanes of at least 4 members (excludes halogenated alkanes) is 7. The number of hydrogen-bond donors (Lipinski definition) is 2. The van der Waals surface area contributed by atoms with Gasteiger partial charge >= 0.3 is 6.09 Å². The molecule has 0 aliphatic carbocycles. The summed E-state index contributed by atoms with van der Waals surface area (Å²) in [6.07, 6.45) is 9.43. The van der Waals surface area contributed by atoms with E-state index in [-0.39, 0.29) is 17.9 Å². The Morgan fingerprint density at radius 2 is 1.53 bits per heavy atom. The minimum absolute atomic E-state index is 0.174. The summed E-state index contributed by atoms with van der Waals surface area (Å²) < 4.78 is 6.82. The maximum absolute atomic E-state index is 12.5. The Morgan fingerprint density at radius 3 is 2.05 bits per heavy atom. The van der Waals surface area contributed by atoms with Gasteiger partial charge in [0.1, 0.15) is 5.60 Å². The zero-order chi connectivity index (χ0) is 28.1. The number of rotatable bonds is 14. The lowest BCUT2D eigenvalue weighted by molar-refractivity contribution is -0.133. The lowest BCUT2D eigenvalue weighted by atomic mass is 10.1. The van der Waals surface area contributed by atoms with Crippen LogP contribution < -0.4 is 5.32 Å². The number of aromatic nitrogens is 3. The van der Waals surface area contributed by atoms with Gasteiger partial charge in [0.2, 0.25) is 11.8 Å². The minimum Gasteiger partial charge on any atom is -0.444 e. The molecule has 1 saturated heterocycles. The topological polar surface area (TPSA) is 130 Å². The maximum atomic E-state index is 12.5. The highest BCUT2D eigenvalue weighted by Crippen LogP contribution is 2.15. The third-order valence-corrected chi connectivity index (χ3v) is 6.54. The molecule has 11 heteroatoms. The van der Waals surface area contributed by atoms with Crippen LogP contribution >= 0.6 is 0 Å². The molecule has 1 aliphatic rings. The molecular formula is C27H48N6O5. The van der Waals surface area contributed by atoms with Gasteiger partial charge in [-0.3, -0.25) is 9.59 Å². The quantitative estimate of drug-likeness (QED) is 0.349. The molecule has 11 nitrogen and oxygen atoms in total. The van der Waals surface area contributed by atoms with Crippen LogP contribution in [0.4, 0.5) is 4.79 Å². The predicted molar refractivity (Wildman–Crippen MR) is 144 cm³/mol. The first-order chi connectivity index (χ1) is 18.0. The van der Waals surface area contributed by atoms with Crippen LogP contribution in [0.3, 0.4) is 0 Å². The van der Waals surface area contributed by atoms with E-state index in [1.54, 1.807) is 24.9 Å². The second-order valence-electron chi connectivity index (χ2n) is 11.2. The molecule has 2 heterocycles. The minimum atomic E-state index is -0.860. The molecule has 3 amide bonds. The summed E-state index contributed by atoms with van der Waals surface area (Å²) in [5.74, 6) is -0.0722. The summed E-state index contributed by atoms with van der Waals surface area (Å²) in [4.78, 5) is 40.6. The number of amides is 3. The Labute approximate surface area is 227 Å². The number of nitrogens with zero attached hydrogens (tertiary/aromatic N) is 5. The Morgan fingerprint density at radius 1 is 0.974 bits per heavy atom. The van der Waals surface area contributed by atoms with E-state index in [4.69, 9.17) is 4.74 Å². The second-order valence-corrected chi connectivity index (χ2v) is 11.2. The van der Waals surface area contributed by atoms with E-state index in [2.05, 4.69) is 15.6 Å². The number of nitrogens with one attached hydrogen (secondary N) is 1. The van der Waals surface area contributed by atoms with E-state index in [9.17, 15) is 19.5 Å². The SMILES string of the molecule is Cc1cn([C@H](C(=O)NCCCCCCCCCCC(=O)N2CCN(C(=O)OC(C)(C)C)CC2)[C@@H](C)O)nn1. The van der Waals surface area contributed by atoms with Crippen molar-refractivity contribution >= 4 is 17.9 Å². The number of piperazine rings is 1. The number of aryl methyl sites for hydroxylation is 1. The fourth-order valence-electron chi connectivity index (χ4n) is 4.46.